The maximum Gasteiger partial charge on any atom is 0.270 e. The molecule has 0 aliphatic carbocycles. The first-order valence-electron chi connectivity index (χ1n) is 5.07. The predicted molar refractivity (Wildman–Crippen MR) is 55.8 cm³/mol. The monoisotopic (exact) mass is 224 g/mol. The van der Waals surface area contributed by atoms with Crippen molar-refractivity contribution in [2.24, 2.45) is 0 Å². The van der Waals surface area contributed by atoms with E-state index in [1.54, 1.807) is 0 Å². The molecule has 0 heterocycles. The van der Waals surface area contributed by atoms with Gasteiger partial charge in [0.25, 0.3) is 10.1 Å². The molecule has 0 bridgehead atoms. The SMILES string of the molecule is CCCCC(C(O)CCC)S(=O)(=O)O. The van der Waals surface area contributed by atoms with E-state index in [1.807, 2.05) is 13.8 Å². The third-order valence-corrected chi connectivity index (χ3v) is 3.55. The quantitative estimate of drug-likeness (QED) is 0.644. The zero-order chi connectivity index (χ0) is 11.2. The minimum absolute atomic E-state index is 0.330. The fraction of sp³-hybridized carbons (Fsp3) is 1.00. The molecule has 86 valence electrons. The summed E-state index contributed by atoms with van der Waals surface area (Å²) >= 11 is 0. The van der Waals surface area contributed by atoms with Crippen LogP contribution in [0.25, 0.3) is 0 Å². The van der Waals surface area contributed by atoms with E-state index in [0.717, 1.165) is 6.42 Å². The van der Waals surface area contributed by atoms with Crippen LogP contribution in [0.1, 0.15) is 46.0 Å². The van der Waals surface area contributed by atoms with Gasteiger partial charge in [-0.3, -0.25) is 4.55 Å². The van der Waals surface area contributed by atoms with Gasteiger partial charge in [0.1, 0.15) is 5.25 Å². The molecule has 0 spiro atoms. The first-order chi connectivity index (χ1) is 6.43. The molecule has 5 heteroatoms. The van der Waals surface area contributed by atoms with Gasteiger partial charge in [-0.05, 0) is 12.8 Å². The Labute approximate surface area is 86.1 Å². The predicted octanol–water partition coefficient (Wildman–Crippen LogP) is 1.59. The van der Waals surface area contributed by atoms with Crippen LogP contribution in [0.5, 0.6) is 0 Å². The molecule has 4 nitrogen and oxygen atoms in total. The van der Waals surface area contributed by atoms with Crippen LogP contribution in [-0.2, 0) is 10.1 Å². The molecule has 0 aromatic heterocycles. The number of rotatable bonds is 7. The Morgan fingerprint density at radius 2 is 1.71 bits per heavy atom. The summed E-state index contributed by atoms with van der Waals surface area (Å²) in [7, 11) is -4.11. The molecular formula is C9H20O4S. The molecule has 0 saturated carbocycles. The summed E-state index contributed by atoms with van der Waals surface area (Å²) in [6, 6.07) is 0. The van der Waals surface area contributed by atoms with Gasteiger partial charge in [-0.1, -0.05) is 33.1 Å². The Morgan fingerprint density at radius 3 is 2.07 bits per heavy atom. The maximum atomic E-state index is 10.9. The van der Waals surface area contributed by atoms with Gasteiger partial charge < -0.3 is 5.11 Å². The number of unbranched alkanes of at least 4 members (excludes halogenated alkanes) is 1. The van der Waals surface area contributed by atoms with E-state index in [9.17, 15) is 13.5 Å². The Kier molecular flexibility index (Phi) is 6.31. The molecule has 0 aromatic rings. The van der Waals surface area contributed by atoms with Crippen LogP contribution in [0.3, 0.4) is 0 Å². The Balaban J connectivity index is 4.39. The van der Waals surface area contributed by atoms with Crippen molar-refractivity contribution < 1.29 is 18.1 Å². The Hall–Kier alpha value is -0.130. The lowest BCUT2D eigenvalue weighted by molar-refractivity contribution is 0.149. The van der Waals surface area contributed by atoms with Crippen molar-refractivity contribution in [2.45, 2.75) is 57.3 Å². The van der Waals surface area contributed by atoms with Crippen molar-refractivity contribution in [2.75, 3.05) is 0 Å². The van der Waals surface area contributed by atoms with E-state index < -0.39 is 21.5 Å². The molecule has 2 atom stereocenters. The molecule has 14 heavy (non-hydrogen) atoms. The van der Waals surface area contributed by atoms with E-state index in [2.05, 4.69) is 0 Å². The minimum atomic E-state index is -4.11. The third kappa shape index (κ3) is 4.93. The highest BCUT2D eigenvalue weighted by molar-refractivity contribution is 7.86. The molecule has 0 aliphatic rings. The van der Waals surface area contributed by atoms with Crippen molar-refractivity contribution in [3.05, 3.63) is 0 Å². The highest BCUT2D eigenvalue weighted by Gasteiger charge is 2.29. The van der Waals surface area contributed by atoms with Crippen LogP contribution in [-0.4, -0.2) is 29.4 Å². The average molecular weight is 224 g/mol. The van der Waals surface area contributed by atoms with E-state index in [-0.39, 0.29) is 0 Å². The molecule has 0 saturated heterocycles. The van der Waals surface area contributed by atoms with E-state index in [1.165, 1.54) is 0 Å². The van der Waals surface area contributed by atoms with Crippen LogP contribution in [0.2, 0.25) is 0 Å². The standard InChI is InChI=1S/C9H20O4S/c1-3-5-7-9(14(11,12)13)8(10)6-4-2/h8-10H,3-7H2,1-2H3,(H,11,12,13). The molecular weight excluding hydrogens is 204 g/mol. The van der Waals surface area contributed by atoms with E-state index in [4.69, 9.17) is 4.55 Å². The smallest absolute Gasteiger partial charge is 0.270 e. The highest BCUT2D eigenvalue weighted by Crippen LogP contribution is 2.16. The van der Waals surface area contributed by atoms with Gasteiger partial charge in [0, 0.05) is 0 Å². The topological polar surface area (TPSA) is 74.6 Å². The molecule has 0 radical (unpaired) electrons. The van der Waals surface area contributed by atoms with Gasteiger partial charge in [-0.2, -0.15) is 8.42 Å². The zero-order valence-electron chi connectivity index (χ0n) is 8.81. The summed E-state index contributed by atoms with van der Waals surface area (Å²) in [5.41, 5.74) is 0. The molecule has 0 aliphatic heterocycles. The van der Waals surface area contributed by atoms with Gasteiger partial charge >= 0.3 is 0 Å². The minimum Gasteiger partial charge on any atom is -0.392 e. The Bertz CT molecular complexity index is 235. The van der Waals surface area contributed by atoms with Crippen LogP contribution >= 0.6 is 0 Å². The number of hydrogen-bond acceptors (Lipinski definition) is 3. The third-order valence-electron chi connectivity index (χ3n) is 2.24. The lowest BCUT2D eigenvalue weighted by atomic mass is 10.1. The summed E-state index contributed by atoms with van der Waals surface area (Å²) in [6.07, 6.45) is 2.06. The van der Waals surface area contributed by atoms with Gasteiger partial charge in [-0.25, -0.2) is 0 Å². The van der Waals surface area contributed by atoms with Crippen LogP contribution in [0, 0.1) is 0 Å². The second-order valence-corrected chi connectivity index (χ2v) is 5.19. The van der Waals surface area contributed by atoms with Crippen LogP contribution in [0.15, 0.2) is 0 Å². The van der Waals surface area contributed by atoms with Crippen molar-refractivity contribution >= 4 is 10.1 Å². The lowest BCUT2D eigenvalue weighted by Crippen LogP contribution is -2.33. The summed E-state index contributed by atoms with van der Waals surface area (Å²) < 4.78 is 30.8. The molecule has 2 N–H and O–H groups in total. The first-order valence-corrected chi connectivity index (χ1v) is 6.58. The van der Waals surface area contributed by atoms with Gasteiger partial charge in [0.05, 0.1) is 6.10 Å². The Morgan fingerprint density at radius 1 is 1.14 bits per heavy atom. The summed E-state index contributed by atoms with van der Waals surface area (Å²) in [4.78, 5) is 0. The average Bonchev–Trinajstić information content (AvgIpc) is 2.03. The van der Waals surface area contributed by atoms with Gasteiger partial charge in [0.2, 0.25) is 0 Å². The lowest BCUT2D eigenvalue weighted by Gasteiger charge is -2.19. The number of hydrogen-bond donors (Lipinski definition) is 2. The maximum absolute atomic E-state index is 10.9. The van der Waals surface area contributed by atoms with Crippen molar-refractivity contribution in [3.8, 4) is 0 Å². The second kappa shape index (κ2) is 6.37. The summed E-state index contributed by atoms with van der Waals surface area (Å²) in [5, 5.41) is 8.52. The van der Waals surface area contributed by atoms with Crippen LogP contribution in [0.4, 0.5) is 0 Å². The van der Waals surface area contributed by atoms with Gasteiger partial charge in [0.15, 0.2) is 0 Å². The normalized spacial score (nSPS) is 16.6. The molecule has 0 fully saturated rings. The van der Waals surface area contributed by atoms with Crippen molar-refractivity contribution in [1.82, 2.24) is 0 Å². The molecule has 2 unspecified atom stereocenters. The fourth-order valence-corrected chi connectivity index (χ4v) is 2.42. The highest BCUT2D eigenvalue weighted by atomic mass is 32.2. The number of aliphatic hydroxyl groups is 1. The van der Waals surface area contributed by atoms with E-state index in [0.29, 0.717) is 25.7 Å². The van der Waals surface area contributed by atoms with E-state index >= 15 is 0 Å². The largest absolute Gasteiger partial charge is 0.392 e. The zero-order valence-corrected chi connectivity index (χ0v) is 9.63. The van der Waals surface area contributed by atoms with Crippen LogP contribution < -0.4 is 0 Å². The van der Waals surface area contributed by atoms with Gasteiger partial charge in [-0.15, -0.1) is 0 Å². The fourth-order valence-electron chi connectivity index (χ4n) is 1.43. The van der Waals surface area contributed by atoms with Crippen molar-refractivity contribution in [3.63, 3.8) is 0 Å². The molecule has 0 rings (SSSR count). The van der Waals surface area contributed by atoms with Crippen molar-refractivity contribution in [1.29, 1.82) is 0 Å². The first kappa shape index (κ1) is 13.9. The summed E-state index contributed by atoms with van der Waals surface area (Å²) in [5.74, 6) is 0. The second-order valence-electron chi connectivity index (χ2n) is 3.55. The molecule has 0 amide bonds. The summed E-state index contributed by atoms with van der Waals surface area (Å²) in [6.45, 7) is 3.80. The molecule has 0 aromatic carbocycles. The number of aliphatic hydroxyl groups excluding tert-OH is 1.